The molecule has 0 saturated heterocycles. The summed E-state index contributed by atoms with van der Waals surface area (Å²) in [6.07, 6.45) is 6.77. The molecule has 4 rings (SSSR count). The van der Waals surface area contributed by atoms with Crippen LogP contribution >= 0.6 is 0 Å². The van der Waals surface area contributed by atoms with E-state index in [4.69, 9.17) is 5.21 Å². The van der Waals surface area contributed by atoms with Crippen LogP contribution < -0.4 is 10.8 Å². The van der Waals surface area contributed by atoms with Gasteiger partial charge in [0.15, 0.2) is 0 Å². The third-order valence-corrected chi connectivity index (χ3v) is 5.25. The average molecular weight is 425 g/mol. The summed E-state index contributed by atoms with van der Waals surface area (Å²) in [5, 5.41) is 11.7. The van der Waals surface area contributed by atoms with Gasteiger partial charge in [-0.05, 0) is 52.8 Å². The largest absolute Gasteiger partial charge is 0.349 e. The van der Waals surface area contributed by atoms with Crippen molar-refractivity contribution in [1.29, 1.82) is 0 Å². The van der Waals surface area contributed by atoms with Gasteiger partial charge in [-0.1, -0.05) is 78.9 Å². The Morgan fingerprint density at radius 3 is 2.06 bits per heavy atom. The fourth-order valence-electron chi connectivity index (χ4n) is 3.32. The molecule has 5 heteroatoms. The van der Waals surface area contributed by atoms with Crippen LogP contribution in [-0.2, 0) is 9.59 Å². The van der Waals surface area contributed by atoms with Crippen LogP contribution in [0.1, 0.15) is 29.5 Å². The van der Waals surface area contributed by atoms with Gasteiger partial charge in [0, 0.05) is 17.7 Å². The number of hydrogen-bond donors (Lipinski definition) is 3. The first-order chi connectivity index (χ1) is 15.6. The van der Waals surface area contributed by atoms with Crippen molar-refractivity contribution in [3.63, 3.8) is 0 Å². The maximum Gasteiger partial charge on any atom is 0.267 e. The molecular weight excluding hydrogens is 400 g/mol. The Morgan fingerprint density at radius 1 is 0.812 bits per heavy atom. The molecular formula is C27H24N2O3. The maximum absolute atomic E-state index is 13.0. The van der Waals surface area contributed by atoms with Gasteiger partial charge in [-0.3, -0.25) is 14.8 Å². The Hall–Kier alpha value is -3.96. The van der Waals surface area contributed by atoms with Crippen molar-refractivity contribution >= 4 is 29.5 Å². The number of hydroxylamine groups is 1. The van der Waals surface area contributed by atoms with Crippen LogP contribution in [-0.4, -0.2) is 23.1 Å². The smallest absolute Gasteiger partial charge is 0.267 e. The molecule has 5 nitrogen and oxygen atoms in total. The van der Waals surface area contributed by atoms with Gasteiger partial charge in [0.2, 0.25) is 0 Å². The molecule has 0 atom stereocenters. The average Bonchev–Trinajstić information content (AvgIpc) is 3.66. The lowest BCUT2D eigenvalue weighted by Gasteiger charge is -2.10. The number of rotatable bonds is 7. The minimum atomic E-state index is -0.591. The van der Waals surface area contributed by atoms with Crippen molar-refractivity contribution in [3.8, 4) is 11.1 Å². The molecule has 32 heavy (non-hydrogen) atoms. The molecule has 1 saturated carbocycles. The molecule has 1 aliphatic carbocycles. The highest BCUT2D eigenvalue weighted by molar-refractivity contribution is 6.24. The van der Waals surface area contributed by atoms with E-state index < -0.39 is 5.91 Å². The minimum Gasteiger partial charge on any atom is -0.349 e. The number of amides is 2. The molecule has 0 radical (unpaired) electrons. The molecule has 0 aliphatic heterocycles. The minimum absolute atomic E-state index is 0.0800. The second kappa shape index (κ2) is 9.90. The van der Waals surface area contributed by atoms with Gasteiger partial charge in [-0.25, -0.2) is 5.48 Å². The van der Waals surface area contributed by atoms with Crippen LogP contribution in [0.4, 0.5) is 0 Å². The fourth-order valence-corrected chi connectivity index (χ4v) is 3.32. The highest BCUT2D eigenvalue weighted by Gasteiger charge is 2.25. The summed E-state index contributed by atoms with van der Waals surface area (Å²) in [4.78, 5) is 24.1. The van der Waals surface area contributed by atoms with E-state index in [2.05, 4.69) is 17.4 Å². The first-order valence-corrected chi connectivity index (χ1v) is 10.5. The van der Waals surface area contributed by atoms with Gasteiger partial charge >= 0.3 is 0 Å². The molecule has 2 amide bonds. The summed E-state index contributed by atoms with van der Waals surface area (Å²) in [7, 11) is 0. The van der Waals surface area contributed by atoms with Gasteiger partial charge in [0.25, 0.3) is 11.8 Å². The van der Waals surface area contributed by atoms with Crippen LogP contribution in [0, 0.1) is 0 Å². The van der Waals surface area contributed by atoms with Crippen molar-refractivity contribution in [1.82, 2.24) is 10.8 Å². The van der Waals surface area contributed by atoms with Crippen LogP contribution in [0.15, 0.2) is 84.9 Å². The molecule has 1 aliphatic rings. The lowest BCUT2D eigenvalue weighted by molar-refractivity contribution is -0.124. The molecule has 0 aromatic heterocycles. The van der Waals surface area contributed by atoms with Crippen molar-refractivity contribution in [2.24, 2.45) is 0 Å². The molecule has 0 spiro atoms. The summed E-state index contributed by atoms with van der Waals surface area (Å²) >= 11 is 0. The van der Waals surface area contributed by atoms with Crippen LogP contribution in [0.5, 0.6) is 0 Å². The third kappa shape index (κ3) is 5.59. The van der Waals surface area contributed by atoms with Crippen molar-refractivity contribution in [2.45, 2.75) is 18.9 Å². The topological polar surface area (TPSA) is 78.4 Å². The zero-order valence-corrected chi connectivity index (χ0v) is 17.5. The monoisotopic (exact) mass is 424 g/mol. The zero-order valence-electron chi connectivity index (χ0n) is 17.5. The van der Waals surface area contributed by atoms with E-state index in [0.29, 0.717) is 5.57 Å². The quantitative estimate of drug-likeness (QED) is 0.223. The molecule has 160 valence electrons. The van der Waals surface area contributed by atoms with Gasteiger partial charge in [0.05, 0.1) is 0 Å². The van der Waals surface area contributed by atoms with Gasteiger partial charge in [0.1, 0.15) is 0 Å². The predicted molar refractivity (Wildman–Crippen MR) is 126 cm³/mol. The molecule has 1 fully saturated rings. The molecule has 0 unspecified atom stereocenters. The van der Waals surface area contributed by atoms with Crippen molar-refractivity contribution in [2.75, 3.05) is 0 Å². The molecule has 0 bridgehead atoms. The first-order valence-electron chi connectivity index (χ1n) is 10.5. The second-order valence-electron chi connectivity index (χ2n) is 7.73. The van der Waals surface area contributed by atoms with Crippen molar-refractivity contribution < 1.29 is 14.8 Å². The summed E-state index contributed by atoms with van der Waals surface area (Å²) < 4.78 is 0. The highest BCUT2D eigenvalue weighted by Crippen LogP contribution is 2.26. The van der Waals surface area contributed by atoms with Gasteiger partial charge in [-0.15, -0.1) is 0 Å². The van der Waals surface area contributed by atoms with E-state index in [1.807, 2.05) is 72.8 Å². The number of nitrogens with one attached hydrogen (secondary N) is 2. The highest BCUT2D eigenvalue weighted by atomic mass is 16.5. The van der Waals surface area contributed by atoms with E-state index in [9.17, 15) is 9.59 Å². The van der Waals surface area contributed by atoms with Crippen LogP contribution in [0.2, 0.25) is 0 Å². The van der Waals surface area contributed by atoms with Crippen molar-refractivity contribution in [3.05, 3.63) is 102 Å². The zero-order chi connectivity index (χ0) is 22.3. The van der Waals surface area contributed by atoms with E-state index in [1.165, 1.54) is 6.08 Å². The van der Waals surface area contributed by atoms with E-state index in [1.54, 1.807) is 11.6 Å². The molecule has 3 aromatic carbocycles. The SMILES string of the molecule is O=C(/C=C/c1ccc(/C=C(\C(=O)NC2CC2)c2ccc(-c3ccccc3)cc2)cc1)NO. The lowest BCUT2D eigenvalue weighted by atomic mass is 9.98. The van der Waals surface area contributed by atoms with Crippen LogP contribution in [0.3, 0.4) is 0 Å². The Balaban J connectivity index is 1.60. The Morgan fingerprint density at radius 2 is 1.44 bits per heavy atom. The standard InChI is InChI=1S/C27H24N2O3/c30-26(29-32)17-10-19-6-8-20(9-7-19)18-25(27(31)28-24-15-16-24)23-13-11-22(12-14-23)21-4-2-1-3-5-21/h1-14,17-18,24,32H,15-16H2,(H,28,31)(H,29,30)/b17-10+,25-18-. The summed E-state index contributed by atoms with van der Waals surface area (Å²) in [6.45, 7) is 0. The summed E-state index contributed by atoms with van der Waals surface area (Å²) in [5.41, 5.74) is 6.93. The fraction of sp³-hybridized carbons (Fsp3) is 0.111. The number of benzene rings is 3. The molecule has 3 N–H and O–H groups in total. The Bertz CT molecular complexity index is 1140. The Labute approximate surface area is 187 Å². The Kier molecular flexibility index (Phi) is 6.58. The maximum atomic E-state index is 13.0. The number of hydrogen-bond acceptors (Lipinski definition) is 3. The first kappa shape index (κ1) is 21.3. The second-order valence-corrected chi connectivity index (χ2v) is 7.73. The van der Waals surface area contributed by atoms with Gasteiger partial charge in [-0.2, -0.15) is 0 Å². The summed E-state index contributed by atoms with van der Waals surface area (Å²) in [5.74, 6) is -0.671. The van der Waals surface area contributed by atoms with E-state index in [0.717, 1.165) is 40.7 Å². The number of carbonyl (C=O) groups excluding carboxylic acids is 2. The number of carbonyl (C=O) groups is 2. The third-order valence-electron chi connectivity index (χ3n) is 5.25. The molecule has 0 heterocycles. The van der Waals surface area contributed by atoms with Gasteiger partial charge < -0.3 is 5.32 Å². The van der Waals surface area contributed by atoms with Crippen LogP contribution in [0.25, 0.3) is 28.9 Å². The normalized spacial score (nSPS) is 13.7. The summed E-state index contributed by atoms with van der Waals surface area (Å²) in [6, 6.07) is 25.9. The van der Waals surface area contributed by atoms with E-state index in [-0.39, 0.29) is 11.9 Å². The predicted octanol–water partition coefficient (Wildman–Crippen LogP) is 4.69. The lowest BCUT2D eigenvalue weighted by Crippen LogP contribution is -2.26. The molecule has 3 aromatic rings. The van der Waals surface area contributed by atoms with E-state index >= 15 is 0 Å².